The highest BCUT2D eigenvalue weighted by atomic mass is 28.4. The molecule has 0 saturated carbocycles. The van der Waals surface area contributed by atoms with Gasteiger partial charge in [-0.3, -0.25) is 4.79 Å². The van der Waals surface area contributed by atoms with Crippen LogP contribution in [0.1, 0.15) is 35.6 Å². The fourth-order valence-electron chi connectivity index (χ4n) is 4.72. The Bertz CT molecular complexity index is 1340. The molecule has 0 amide bonds. The number of aromatic nitrogens is 2. The summed E-state index contributed by atoms with van der Waals surface area (Å²) in [6.07, 6.45) is 0.894. The van der Waals surface area contributed by atoms with Gasteiger partial charge in [0, 0.05) is 16.5 Å². The molecule has 0 spiro atoms. The molecule has 2 N–H and O–H groups in total. The number of pyridine rings is 2. The molecule has 7 nitrogen and oxygen atoms in total. The number of ether oxygens (including phenoxy) is 1. The monoisotopic (exact) mass is 450 g/mol. The summed E-state index contributed by atoms with van der Waals surface area (Å²) < 4.78 is 6.77. The molecule has 166 valence electrons. The zero-order valence-corrected chi connectivity index (χ0v) is 19.4. The molecule has 0 unspecified atom stereocenters. The maximum atomic E-state index is 13.3. The molecular formula is C24H26N2O5Si. The Balaban J connectivity index is 1.66. The van der Waals surface area contributed by atoms with Crippen molar-refractivity contribution in [3.8, 4) is 11.4 Å². The predicted octanol–water partition coefficient (Wildman–Crippen LogP) is 2.82. The second-order valence-corrected chi connectivity index (χ2v) is 13.5. The Morgan fingerprint density at radius 1 is 1.25 bits per heavy atom. The summed E-state index contributed by atoms with van der Waals surface area (Å²) in [7, 11) is -2.17. The second-order valence-electron chi connectivity index (χ2n) is 9.40. The molecule has 0 radical (unpaired) electrons. The van der Waals surface area contributed by atoms with Crippen LogP contribution in [0.15, 0.2) is 35.1 Å². The summed E-state index contributed by atoms with van der Waals surface area (Å²) in [5.41, 5.74) is 2.76. The van der Waals surface area contributed by atoms with E-state index in [0.29, 0.717) is 29.1 Å². The number of rotatable bonds is 4. The minimum atomic E-state index is -2.17. The number of cyclic esters (lactones) is 1. The molecule has 2 aromatic heterocycles. The highest BCUT2D eigenvalue weighted by Crippen LogP contribution is 2.39. The Morgan fingerprint density at radius 2 is 2.03 bits per heavy atom. The lowest BCUT2D eigenvalue weighted by Crippen LogP contribution is -2.44. The van der Waals surface area contributed by atoms with Crippen LogP contribution in [-0.4, -0.2) is 33.7 Å². The number of aryl methyl sites for hydroxylation is 1. The maximum absolute atomic E-state index is 13.3. The molecule has 0 aliphatic carbocycles. The van der Waals surface area contributed by atoms with Gasteiger partial charge in [-0.2, -0.15) is 0 Å². The van der Waals surface area contributed by atoms with E-state index in [1.807, 2.05) is 25.2 Å². The Labute approximate surface area is 186 Å². The molecule has 0 saturated heterocycles. The Kier molecular flexibility index (Phi) is 4.67. The van der Waals surface area contributed by atoms with Gasteiger partial charge in [-0.1, -0.05) is 19.1 Å². The number of benzene rings is 1. The Hall–Kier alpha value is -2.81. The number of esters is 1. The molecular weight excluding hydrogens is 424 g/mol. The number of nitrogens with zero attached hydrogens (tertiary/aromatic N) is 2. The maximum Gasteiger partial charge on any atom is 0.343 e. The second kappa shape index (κ2) is 7.10. The van der Waals surface area contributed by atoms with Crippen LogP contribution >= 0.6 is 0 Å². The van der Waals surface area contributed by atoms with Gasteiger partial charge in [-0.05, 0) is 55.7 Å². The smallest absolute Gasteiger partial charge is 0.343 e. The van der Waals surface area contributed by atoms with E-state index < -0.39 is 19.9 Å². The summed E-state index contributed by atoms with van der Waals surface area (Å²) in [6, 6.07) is 10.5. The average molecular weight is 451 g/mol. The van der Waals surface area contributed by atoms with Gasteiger partial charge in [0.05, 0.1) is 29.0 Å². The van der Waals surface area contributed by atoms with Crippen molar-refractivity contribution in [2.75, 3.05) is 0 Å². The van der Waals surface area contributed by atoms with Gasteiger partial charge in [0.2, 0.25) is 0 Å². The largest absolute Gasteiger partial charge is 0.458 e. The minimum absolute atomic E-state index is 0.119. The van der Waals surface area contributed by atoms with Crippen molar-refractivity contribution in [3.63, 3.8) is 0 Å². The van der Waals surface area contributed by atoms with Crippen molar-refractivity contribution >= 4 is 25.2 Å². The summed E-state index contributed by atoms with van der Waals surface area (Å²) in [6.45, 7) is 5.81. The zero-order valence-electron chi connectivity index (χ0n) is 18.4. The molecule has 0 fully saturated rings. The van der Waals surface area contributed by atoms with E-state index in [2.05, 4.69) is 12.1 Å². The molecule has 2 aliphatic rings. The molecule has 4 heterocycles. The summed E-state index contributed by atoms with van der Waals surface area (Å²) in [5, 5.41) is 12.0. The molecule has 1 atom stereocenters. The van der Waals surface area contributed by atoms with Crippen LogP contribution < -0.4 is 5.56 Å². The predicted molar refractivity (Wildman–Crippen MR) is 123 cm³/mol. The topological polar surface area (TPSA) is 102 Å². The molecule has 3 aromatic rings. The fraction of sp³-hybridized carbons (Fsp3) is 0.375. The number of carbonyl (C=O) groups is 1. The van der Waals surface area contributed by atoms with E-state index in [4.69, 9.17) is 9.72 Å². The molecule has 2 aliphatic heterocycles. The van der Waals surface area contributed by atoms with E-state index in [0.717, 1.165) is 34.5 Å². The van der Waals surface area contributed by atoms with Crippen LogP contribution in [-0.2, 0) is 34.7 Å². The first-order valence-corrected chi connectivity index (χ1v) is 14.1. The van der Waals surface area contributed by atoms with Gasteiger partial charge >= 0.3 is 5.97 Å². The van der Waals surface area contributed by atoms with Crippen LogP contribution in [0, 0.1) is 0 Å². The van der Waals surface area contributed by atoms with Crippen LogP contribution in [0.25, 0.3) is 22.3 Å². The third-order valence-corrected chi connectivity index (χ3v) is 8.12. The summed E-state index contributed by atoms with van der Waals surface area (Å²) >= 11 is 0. The Morgan fingerprint density at radius 3 is 2.75 bits per heavy atom. The van der Waals surface area contributed by atoms with Crippen LogP contribution in [0.4, 0.5) is 0 Å². The summed E-state index contributed by atoms with van der Waals surface area (Å²) in [5.74, 6) is -0.721. The van der Waals surface area contributed by atoms with E-state index >= 15 is 0 Å². The van der Waals surface area contributed by atoms with Gasteiger partial charge in [0.1, 0.15) is 6.61 Å². The first-order valence-electron chi connectivity index (χ1n) is 10.9. The van der Waals surface area contributed by atoms with Gasteiger partial charge in [-0.15, -0.1) is 0 Å². The average Bonchev–Trinajstić information content (AvgIpc) is 3.11. The quantitative estimate of drug-likeness (QED) is 0.366. The zero-order chi connectivity index (χ0) is 22.8. The molecule has 32 heavy (non-hydrogen) atoms. The van der Waals surface area contributed by atoms with Crippen molar-refractivity contribution in [2.24, 2.45) is 0 Å². The van der Waals surface area contributed by atoms with Gasteiger partial charge in [-0.25, -0.2) is 9.78 Å². The van der Waals surface area contributed by atoms with Crippen molar-refractivity contribution in [1.29, 1.82) is 0 Å². The van der Waals surface area contributed by atoms with Gasteiger partial charge < -0.3 is 19.2 Å². The number of hydrogen-bond acceptors (Lipinski definition) is 6. The molecule has 1 aromatic carbocycles. The molecule has 8 heteroatoms. The lowest BCUT2D eigenvalue weighted by atomic mass is 9.86. The van der Waals surface area contributed by atoms with Gasteiger partial charge in [0.15, 0.2) is 13.9 Å². The van der Waals surface area contributed by atoms with Gasteiger partial charge in [0.25, 0.3) is 5.56 Å². The van der Waals surface area contributed by atoms with Crippen LogP contribution in [0.3, 0.4) is 0 Å². The SMILES string of the molecule is CC[C@@]1(O)C(=O)OCc2c1cc1n(c2=O)Cc2cc3c(CC[Si](C)(C)O)cccc3nc2-1. The third kappa shape index (κ3) is 3.13. The number of carbonyl (C=O) groups excluding carboxylic acids is 1. The van der Waals surface area contributed by atoms with Crippen molar-refractivity contribution in [2.45, 2.75) is 57.7 Å². The third-order valence-electron chi connectivity index (χ3n) is 6.65. The van der Waals surface area contributed by atoms with Crippen molar-refractivity contribution < 1.29 is 19.4 Å². The first kappa shape index (κ1) is 21.1. The van der Waals surface area contributed by atoms with E-state index in [1.54, 1.807) is 17.6 Å². The molecule has 0 bridgehead atoms. The number of hydrogen-bond donors (Lipinski definition) is 2. The highest BCUT2D eigenvalue weighted by molar-refractivity contribution is 6.69. The van der Waals surface area contributed by atoms with E-state index in [9.17, 15) is 19.5 Å². The number of aliphatic hydroxyl groups is 1. The lowest BCUT2D eigenvalue weighted by Gasteiger charge is -2.31. The van der Waals surface area contributed by atoms with E-state index in [1.165, 1.54) is 0 Å². The highest BCUT2D eigenvalue weighted by Gasteiger charge is 2.45. The lowest BCUT2D eigenvalue weighted by molar-refractivity contribution is -0.172. The van der Waals surface area contributed by atoms with Crippen molar-refractivity contribution in [3.05, 3.63) is 62.9 Å². The number of fused-ring (bicyclic) bond motifs is 5. The van der Waals surface area contributed by atoms with Crippen molar-refractivity contribution in [1.82, 2.24) is 9.55 Å². The standard InChI is InChI=1S/C24H26N2O5Si/c1-4-24(29)18-11-20-21-15(12-26(20)22(27)17(18)13-31-23(24)28)10-16-14(8-9-32(2,3)30)6-5-7-19(16)25-21/h5-7,10-11,29-30H,4,8-9,12-13H2,1-3H3/t24-/m0/s1. The minimum Gasteiger partial charge on any atom is -0.458 e. The van der Waals surface area contributed by atoms with Crippen LogP contribution in [0.2, 0.25) is 19.1 Å². The molecule has 5 rings (SSSR count). The fourth-order valence-corrected chi connectivity index (χ4v) is 5.60. The van der Waals surface area contributed by atoms with Crippen LogP contribution in [0.5, 0.6) is 0 Å². The normalized spacial score (nSPS) is 19.5. The summed E-state index contributed by atoms with van der Waals surface area (Å²) in [4.78, 5) is 40.7. The van der Waals surface area contributed by atoms with E-state index in [-0.39, 0.29) is 18.6 Å². The first-order chi connectivity index (χ1) is 15.1.